The molecule has 1 fully saturated rings. The van der Waals surface area contributed by atoms with Gasteiger partial charge >= 0.3 is 0 Å². The Morgan fingerprint density at radius 1 is 1.41 bits per heavy atom. The van der Waals surface area contributed by atoms with E-state index in [4.69, 9.17) is 11.6 Å². The highest BCUT2D eigenvalue weighted by molar-refractivity contribution is 8.06. The maximum atomic E-state index is 12.8. The highest BCUT2D eigenvalue weighted by Gasteiger charge is 2.13. The molecule has 0 bridgehead atoms. The molecule has 1 aliphatic rings. The van der Waals surface area contributed by atoms with Gasteiger partial charge in [-0.15, -0.1) is 0 Å². The van der Waals surface area contributed by atoms with Crippen LogP contribution in [0.15, 0.2) is 18.2 Å². The van der Waals surface area contributed by atoms with Crippen molar-refractivity contribution in [1.29, 1.82) is 0 Å². The van der Waals surface area contributed by atoms with Crippen LogP contribution in [0.5, 0.6) is 0 Å². The van der Waals surface area contributed by atoms with Crippen molar-refractivity contribution in [2.45, 2.75) is 11.8 Å². The highest BCUT2D eigenvalue weighted by Crippen LogP contribution is 2.23. The Balaban J connectivity index is 1.77. The molecule has 5 heteroatoms. The molecule has 17 heavy (non-hydrogen) atoms. The van der Waals surface area contributed by atoms with Crippen LogP contribution in [-0.4, -0.2) is 29.1 Å². The molecule has 1 aliphatic heterocycles. The summed E-state index contributed by atoms with van der Waals surface area (Å²) >= 11 is 10.0. The molecule has 1 heterocycles. The average molecular weight is 292 g/mol. The molecule has 0 saturated carbocycles. The number of thioether (sulfide) groups is 2. The second kappa shape index (κ2) is 6.88. The third kappa shape index (κ3) is 4.36. The Labute approximate surface area is 115 Å². The van der Waals surface area contributed by atoms with Crippen LogP contribution in [0.3, 0.4) is 0 Å². The molecule has 0 aromatic heterocycles. The second-order valence-electron chi connectivity index (χ2n) is 3.93. The van der Waals surface area contributed by atoms with Crippen molar-refractivity contribution in [3.8, 4) is 0 Å². The summed E-state index contributed by atoms with van der Waals surface area (Å²) in [5.41, 5.74) is 0.960. The molecule has 1 N–H and O–H groups in total. The smallest absolute Gasteiger partial charge is 0.124 e. The van der Waals surface area contributed by atoms with Crippen molar-refractivity contribution in [1.82, 2.24) is 5.32 Å². The standard InChI is InChI=1S/C12H15ClFNS2/c13-12-5-10(14)2-1-9(12)6-15-7-11-8-16-3-4-17-11/h1-2,5,11,15H,3-4,6-8H2. The first kappa shape index (κ1) is 13.5. The van der Waals surface area contributed by atoms with Gasteiger partial charge in [0.1, 0.15) is 5.82 Å². The summed E-state index contributed by atoms with van der Waals surface area (Å²) in [4.78, 5) is 0. The first-order valence-corrected chi connectivity index (χ1v) is 8.18. The third-order valence-corrected chi connectivity index (χ3v) is 5.78. The molecule has 0 aliphatic carbocycles. The Bertz CT molecular complexity index is 370. The zero-order chi connectivity index (χ0) is 12.1. The third-order valence-electron chi connectivity index (χ3n) is 2.59. The minimum atomic E-state index is -0.280. The maximum absolute atomic E-state index is 12.8. The molecule has 0 radical (unpaired) electrons. The summed E-state index contributed by atoms with van der Waals surface area (Å²) in [6, 6.07) is 4.56. The number of hydrogen-bond acceptors (Lipinski definition) is 3. The first-order valence-electron chi connectivity index (χ1n) is 5.59. The van der Waals surface area contributed by atoms with Gasteiger partial charge in [0.2, 0.25) is 0 Å². The number of benzene rings is 1. The van der Waals surface area contributed by atoms with Gasteiger partial charge in [0.25, 0.3) is 0 Å². The van der Waals surface area contributed by atoms with Crippen molar-refractivity contribution >= 4 is 35.1 Å². The summed E-state index contributed by atoms with van der Waals surface area (Å²) in [7, 11) is 0. The summed E-state index contributed by atoms with van der Waals surface area (Å²) in [5.74, 6) is 3.45. The average Bonchev–Trinajstić information content (AvgIpc) is 2.33. The molecule has 1 aromatic carbocycles. The van der Waals surface area contributed by atoms with Crippen molar-refractivity contribution in [2.24, 2.45) is 0 Å². The van der Waals surface area contributed by atoms with E-state index in [1.807, 2.05) is 23.5 Å². The molecule has 1 atom stereocenters. The van der Waals surface area contributed by atoms with Crippen molar-refractivity contribution < 1.29 is 4.39 Å². The van der Waals surface area contributed by atoms with E-state index in [0.717, 1.165) is 12.1 Å². The van der Waals surface area contributed by atoms with Crippen LogP contribution in [0.25, 0.3) is 0 Å². The lowest BCUT2D eigenvalue weighted by Gasteiger charge is -2.21. The van der Waals surface area contributed by atoms with Gasteiger partial charge < -0.3 is 5.32 Å². The Hall–Kier alpha value is 0.1000. The van der Waals surface area contributed by atoms with Gasteiger partial charge in [-0.05, 0) is 17.7 Å². The lowest BCUT2D eigenvalue weighted by molar-refractivity contribution is 0.625. The molecule has 1 unspecified atom stereocenters. The van der Waals surface area contributed by atoms with E-state index in [2.05, 4.69) is 5.32 Å². The van der Waals surface area contributed by atoms with E-state index < -0.39 is 0 Å². The monoisotopic (exact) mass is 291 g/mol. The van der Waals surface area contributed by atoms with Crippen molar-refractivity contribution in [2.75, 3.05) is 23.8 Å². The van der Waals surface area contributed by atoms with Crippen LogP contribution in [-0.2, 0) is 6.54 Å². The predicted molar refractivity (Wildman–Crippen MR) is 76.7 cm³/mol. The fourth-order valence-corrected chi connectivity index (χ4v) is 4.57. The minimum Gasteiger partial charge on any atom is -0.311 e. The van der Waals surface area contributed by atoms with Gasteiger partial charge in [0.15, 0.2) is 0 Å². The van der Waals surface area contributed by atoms with Gasteiger partial charge in [0.05, 0.1) is 0 Å². The summed E-state index contributed by atoms with van der Waals surface area (Å²) in [5, 5.41) is 4.58. The normalized spacial score (nSPS) is 20.5. The largest absolute Gasteiger partial charge is 0.311 e. The Kier molecular flexibility index (Phi) is 5.48. The summed E-state index contributed by atoms with van der Waals surface area (Å²) in [6.45, 7) is 1.70. The molecule has 1 nitrogen and oxygen atoms in total. The zero-order valence-electron chi connectivity index (χ0n) is 9.42. The van der Waals surface area contributed by atoms with Crippen LogP contribution in [0.4, 0.5) is 4.39 Å². The molecular weight excluding hydrogens is 277 g/mol. The molecular formula is C12H15ClFNS2. The van der Waals surface area contributed by atoms with E-state index in [0.29, 0.717) is 16.8 Å². The molecule has 1 saturated heterocycles. The quantitative estimate of drug-likeness (QED) is 0.913. The lowest BCUT2D eigenvalue weighted by Crippen LogP contribution is -2.28. The van der Waals surface area contributed by atoms with E-state index in [-0.39, 0.29) is 5.82 Å². The topological polar surface area (TPSA) is 12.0 Å². The van der Waals surface area contributed by atoms with E-state index in [9.17, 15) is 4.39 Å². The molecule has 94 valence electrons. The van der Waals surface area contributed by atoms with Gasteiger partial charge in [0, 0.05) is 40.6 Å². The van der Waals surface area contributed by atoms with E-state index in [1.165, 1.54) is 29.4 Å². The Morgan fingerprint density at radius 2 is 2.29 bits per heavy atom. The molecule has 2 rings (SSSR count). The number of rotatable bonds is 4. The van der Waals surface area contributed by atoms with Gasteiger partial charge in [-0.2, -0.15) is 23.5 Å². The molecule has 0 amide bonds. The van der Waals surface area contributed by atoms with E-state index in [1.54, 1.807) is 6.07 Å². The number of halogens is 2. The van der Waals surface area contributed by atoms with Crippen LogP contribution in [0.2, 0.25) is 5.02 Å². The highest BCUT2D eigenvalue weighted by atomic mass is 35.5. The SMILES string of the molecule is Fc1ccc(CNCC2CSCCS2)c(Cl)c1. The van der Waals surface area contributed by atoms with Gasteiger partial charge in [-0.25, -0.2) is 4.39 Å². The van der Waals surface area contributed by atoms with E-state index >= 15 is 0 Å². The fraction of sp³-hybridized carbons (Fsp3) is 0.500. The lowest BCUT2D eigenvalue weighted by atomic mass is 10.2. The zero-order valence-corrected chi connectivity index (χ0v) is 11.8. The fourth-order valence-electron chi connectivity index (χ4n) is 1.69. The maximum Gasteiger partial charge on any atom is 0.124 e. The molecule has 1 aromatic rings. The van der Waals surface area contributed by atoms with Crippen molar-refractivity contribution in [3.63, 3.8) is 0 Å². The number of nitrogens with one attached hydrogen (secondary N) is 1. The van der Waals surface area contributed by atoms with Gasteiger partial charge in [-0.3, -0.25) is 0 Å². The summed E-state index contributed by atoms with van der Waals surface area (Å²) < 4.78 is 12.8. The van der Waals surface area contributed by atoms with Crippen LogP contribution in [0, 0.1) is 5.82 Å². The van der Waals surface area contributed by atoms with Crippen molar-refractivity contribution in [3.05, 3.63) is 34.6 Å². The predicted octanol–water partition coefficient (Wildman–Crippen LogP) is 3.42. The minimum absolute atomic E-state index is 0.280. The first-order chi connectivity index (χ1) is 8.25. The molecule has 0 spiro atoms. The van der Waals surface area contributed by atoms with Gasteiger partial charge in [-0.1, -0.05) is 17.7 Å². The number of hydrogen-bond donors (Lipinski definition) is 1. The van der Waals surface area contributed by atoms with Crippen LogP contribution in [0.1, 0.15) is 5.56 Å². The van der Waals surface area contributed by atoms with Crippen LogP contribution < -0.4 is 5.32 Å². The second-order valence-corrected chi connectivity index (χ2v) is 6.90. The van der Waals surface area contributed by atoms with Crippen LogP contribution >= 0.6 is 35.1 Å². The Morgan fingerprint density at radius 3 is 3.00 bits per heavy atom. The summed E-state index contributed by atoms with van der Waals surface area (Å²) in [6.07, 6.45) is 0.